The lowest BCUT2D eigenvalue weighted by Gasteiger charge is -2.07. The number of aryl methyl sites for hydroxylation is 1. The minimum Gasteiger partial charge on any atom is -0.493 e. The van der Waals surface area contributed by atoms with Crippen LogP contribution in [0.2, 0.25) is 0 Å². The molecule has 0 unspecified atom stereocenters. The summed E-state index contributed by atoms with van der Waals surface area (Å²) >= 11 is 3.18. The number of H-pyrrole nitrogens is 1. The first-order chi connectivity index (χ1) is 10.1. The molecule has 2 N–H and O–H groups in total. The van der Waals surface area contributed by atoms with Crippen LogP contribution in [0.4, 0.5) is 0 Å². The summed E-state index contributed by atoms with van der Waals surface area (Å²) in [4.78, 5) is 18.9. The average molecular weight is 347 g/mol. The third-order valence-electron chi connectivity index (χ3n) is 3.12. The Morgan fingerprint density at radius 1 is 1.24 bits per heavy atom. The summed E-state index contributed by atoms with van der Waals surface area (Å²) in [6.45, 7) is 1.87. The monoisotopic (exact) mass is 346 g/mol. The number of hydrogen-bond acceptors (Lipinski definition) is 4. The third-order valence-corrected chi connectivity index (χ3v) is 3.55. The number of aromatic nitrogens is 2. The van der Waals surface area contributed by atoms with Crippen molar-refractivity contribution in [2.24, 2.45) is 0 Å². The maximum absolute atomic E-state index is 12.3. The fourth-order valence-electron chi connectivity index (χ4n) is 2.12. The fraction of sp³-hybridized carbons (Fsp3) is 0.0667. The number of halogens is 1. The standard InChI is InChI=1S/C15H11BrN2O3/c1-8-4-2-3-5-9(8)12-14(19)17-13(18-15(12)20)10-6-7-11(16)21-10/h2-7H,1H3,(H2,17,18,19,20). The summed E-state index contributed by atoms with van der Waals surface area (Å²) < 4.78 is 5.84. The van der Waals surface area contributed by atoms with E-state index in [-0.39, 0.29) is 17.3 Å². The quantitative estimate of drug-likeness (QED) is 0.744. The molecule has 0 aliphatic heterocycles. The Balaban J connectivity index is 2.18. The number of benzene rings is 1. The molecule has 0 saturated carbocycles. The van der Waals surface area contributed by atoms with Crippen molar-refractivity contribution >= 4 is 15.9 Å². The van der Waals surface area contributed by atoms with Gasteiger partial charge in [-0.3, -0.25) is 4.79 Å². The van der Waals surface area contributed by atoms with Crippen LogP contribution >= 0.6 is 15.9 Å². The molecule has 0 saturated heterocycles. The number of nitrogens with zero attached hydrogens (tertiary/aromatic N) is 1. The second-order valence-corrected chi connectivity index (χ2v) is 5.31. The van der Waals surface area contributed by atoms with Gasteiger partial charge in [-0.1, -0.05) is 24.3 Å². The largest absolute Gasteiger partial charge is 0.493 e. The van der Waals surface area contributed by atoms with Gasteiger partial charge in [-0.2, -0.15) is 4.98 Å². The lowest BCUT2D eigenvalue weighted by atomic mass is 10.0. The minimum absolute atomic E-state index is 0.155. The van der Waals surface area contributed by atoms with Gasteiger partial charge in [-0.15, -0.1) is 0 Å². The first-order valence-electron chi connectivity index (χ1n) is 6.21. The van der Waals surface area contributed by atoms with Gasteiger partial charge in [0.2, 0.25) is 5.88 Å². The van der Waals surface area contributed by atoms with E-state index in [1.807, 2.05) is 19.1 Å². The Kier molecular flexibility index (Phi) is 3.39. The lowest BCUT2D eigenvalue weighted by molar-refractivity contribution is 0.452. The van der Waals surface area contributed by atoms with Gasteiger partial charge < -0.3 is 14.5 Å². The molecule has 0 fully saturated rings. The molecular weight excluding hydrogens is 336 g/mol. The number of hydrogen-bond donors (Lipinski definition) is 2. The molecule has 0 amide bonds. The summed E-state index contributed by atoms with van der Waals surface area (Å²) in [5.74, 6) is 0.224. The third kappa shape index (κ3) is 2.50. The highest BCUT2D eigenvalue weighted by atomic mass is 79.9. The van der Waals surface area contributed by atoms with Crippen molar-refractivity contribution in [2.75, 3.05) is 0 Å². The van der Waals surface area contributed by atoms with Crippen molar-refractivity contribution in [1.82, 2.24) is 9.97 Å². The Hall–Kier alpha value is -2.34. The first kappa shape index (κ1) is 13.6. The summed E-state index contributed by atoms with van der Waals surface area (Å²) in [6.07, 6.45) is 0. The van der Waals surface area contributed by atoms with E-state index < -0.39 is 5.56 Å². The van der Waals surface area contributed by atoms with Crippen molar-refractivity contribution < 1.29 is 9.52 Å². The number of nitrogens with one attached hydrogen (secondary N) is 1. The van der Waals surface area contributed by atoms with Crippen LogP contribution < -0.4 is 5.56 Å². The van der Waals surface area contributed by atoms with E-state index in [4.69, 9.17) is 4.42 Å². The van der Waals surface area contributed by atoms with E-state index in [2.05, 4.69) is 25.9 Å². The van der Waals surface area contributed by atoms with Crippen molar-refractivity contribution in [3.05, 3.63) is 57.0 Å². The molecule has 106 valence electrons. The van der Waals surface area contributed by atoms with Crippen molar-refractivity contribution in [2.45, 2.75) is 6.92 Å². The molecule has 0 aliphatic carbocycles. The van der Waals surface area contributed by atoms with Crippen LogP contribution in [-0.2, 0) is 0 Å². The van der Waals surface area contributed by atoms with Crippen molar-refractivity contribution in [3.8, 4) is 28.6 Å². The minimum atomic E-state index is -0.417. The lowest BCUT2D eigenvalue weighted by Crippen LogP contribution is -2.12. The van der Waals surface area contributed by atoms with Gasteiger partial charge in [0.05, 0.1) is 0 Å². The summed E-state index contributed by atoms with van der Waals surface area (Å²) in [7, 11) is 0. The van der Waals surface area contributed by atoms with Crippen LogP contribution in [0.3, 0.4) is 0 Å². The van der Waals surface area contributed by atoms with Gasteiger partial charge in [-0.25, -0.2) is 0 Å². The fourth-order valence-corrected chi connectivity index (χ4v) is 2.42. The Morgan fingerprint density at radius 2 is 2.00 bits per heavy atom. The molecule has 1 aromatic carbocycles. The zero-order valence-corrected chi connectivity index (χ0v) is 12.6. The molecule has 5 nitrogen and oxygen atoms in total. The predicted octanol–water partition coefficient (Wildman–Crippen LogP) is 3.47. The van der Waals surface area contributed by atoms with E-state index in [0.29, 0.717) is 16.0 Å². The molecule has 0 radical (unpaired) electrons. The van der Waals surface area contributed by atoms with Crippen LogP contribution in [0.25, 0.3) is 22.7 Å². The van der Waals surface area contributed by atoms with Gasteiger partial charge in [-0.05, 0) is 46.1 Å². The highest BCUT2D eigenvalue weighted by Crippen LogP contribution is 2.29. The Labute approximate surface area is 128 Å². The van der Waals surface area contributed by atoms with E-state index in [9.17, 15) is 9.90 Å². The van der Waals surface area contributed by atoms with E-state index in [0.717, 1.165) is 5.56 Å². The van der Waals surface area contributed by atoms with Crippen LogP contribution in [-0.4, -0.2) is 15.1 Å². The topological polar surface area (TPSA) is 79.1 Å². The van der Waals surface area contributed by atoms with E-state index in [1.54, 1.807) is 24.3 Å². The predicted molar refractivity (Wildman–Crippen MR) is 82.1 cm³/mol. The van der Waals surface area contributed by atoms with E-state index in [1.165, 1.54) is 0 Å². The van der Waals surface area contributed by atoms with Gasteiger partial charge in [0.25, 0.3) is 5.56 Å². The molecule has 2 aromatic heterocycles. The van der Waals surface area contributed by atoms with Crippen LogP contribution in [0.15, 0.2) is 50.3 Å². The molecule has 0 bridgehead atoms. The summed E-state index contributed by atoms with van der Waals surface area (Å²) in [5, 5.41) is 10.1. The number of furan rings is 1. The van der Waals surface area contributed by atoms with Crippen molar-refractivity contribution in [3.63, 3.8) is 0 Å². The van der Waals surface area contributed by atoms with Gasteiger partial charge >= 0.3 is 0 Å². The molecule has 2 heterocycles. The zero-order valence-electron chi connectivity index (χ0n) is 11.1. The Morgan fingerprint density at radius 3 is 2.62 bits per heavy atom. The number of aromatic amines is 1. The molecule has 0 spiro atoms. The second-order valence-electron chi connectivity index (χ2n) is 4.53. The molecule has 0 aliphatic rings. The van der Waals surface area contributed by atoms with Gasteiger partial charge in [0.15, 0.2) is 16.3 Å². The molecule has 3 rings (SSSR count). The average Bonchev–Trinajstić information content (AvgIpc) is 2.87. The SMILES string of the molecule is Cc1ccccc1-c1c(O)nc(-c2ccc(Br)o2)[nH]c1=O. The molecular formula is C15H11BrN2O3. The molecule has 0 atom stereocenters. The van der Waals surface area contributed by atoms with Crippen LogP contribution in [0.5, 0.6) is 5.88 Å². The van der Waals surface area contributed by atoms with Crippen LogP contribution in [0, 0.1) is 6.92 Å². The highest BCUT2D eigenvalue weighted by Gasteiger charge is 2.16. The smallest absolute Gasteiger partial charge is 0.263 e. The summed E-state index contributed by atoms with van der Waals surface area (Å²) in [5.41, 5.74) is 1.27. The number of rotatable bonds is 2. The highest BCUT2D eigenvalue weighted by molar-refractivity contribution is 9.10. The normalized spacial score (nSPS) is 10.8. The maximum atomic E-state index is 12.3. The van der Waals surface area contributed by atoms with E-state index >= 15 is 0 Å². The molecule has 3 aromatic rings. The van der Waals surface area contributed by atoms with Gasteiger partial charge in [0, 0.05) is 0 Å². The number of aromatic hydroxyl groups is 1. The molecule has 6 heteroatoms. The second kappa shape index (κ2) is 5.21. The maximum Gasteiger partial charge on any atom is 0.263 e. The first-order valence-corrected chi connectivity index (χ1v) is 7.00. The Bertz CT molecular complexity index is 867. The van der Waals surface area contributed by atoms with Crippen LogP contribution in [0.1, 0.15) is 5.56 Å². The zero-order chi connectivity index (χ0) is 15.0. The summed E-state index contributed by atoms with van der Waals surface area (Å²) in [6, 6.07) is 10.6. The van der Waals surface area contributed by atoms with Crippen molar-refractivity contribution in [1.29, 1.82) is 0 Å². The van der Waals surface area contributed by atoms with Gasteiger partial charge in [0.1, 0.15) is 5.56 Å². The molecule has 21 heavy (non-hydrogen) atoms.